The van der Waals surface area contributed by atoms with Gasteiger partial charge in [0.25, 0.3) is 0 Å². The maximum Gasteiger partial charge on any atom is 0.122 e. The highest BCUT2D eigenvalue weighted by Gasteiger charge is 2.26. The van der Waals surface area contributed by atoms with Crippen LogP contribution in [0.2, 0.25) is 0 Å². The van der Waals surface area contributed by atoms with Gasteiger partial charge in [0.2, 0.25) is 0 Å². The van der Waals surface area contributed by atoms with Crippen LogP contribution in [0.5, 0.6) is 11.5 Å². The molecule has 1 aromatic rings. The van der Waals surface area contributed by atoms with E-state index in [0.29, 0.717) is 0 Å². The van der Waals surface area contributed by atoms with Crippen molar-refractivity contribution >= 4 is 0 Å². The maximum atomic E-state index is 5.95. The van der Waals surface area contributed by atoms with E-state index in [1.165, 1.54) is 6.42 Å². The van der Waals surface area contributed by atoms with Gasteiger partial charge in [-0.1, -0.05) is 6.92 Å². The normalized spacial score (nSPS) is 20.4. The molecule has 4 heteroatoms. The van der Waals surface area contributed by atoms with Crippen LogP contribution in [0.4, 0.5) is 0 Å². The topological polar surface area (TPSA) is 39.7 Å². The molecule has 1 aromatic carbocycles. The highest BCUT2D eigenvalue weighted by atomic mass is 16.5. The SMILES string of the molecule is CCNC(c1cc(OC)cc(OC)c1)C1CCCCO1. The standard InChI is InChI=1S/C16H25NO3/c1-4-17-16(15-7-5-6-8-20-15)12-9-13(18-2)11-14(10-12)19-3/h9-11,15-17H,4-8H2,1-3H3. The van der Waals surface area contributed by atoms with Crippen molar-refractivity contribution in [3.8, 4) is 11.5 Å². The van der Waals surface area contributed by atoms with Gasteiger partial charge in [-0.25, -0.2) is 0 Å². The Morgan fingerprint density at radius 2 is 1.90 bits per heavy atom. The van der Waals surface area contributed by atoms with E-state index in [4.69, 9.17) is 14.2 Å². The van der Waals surface area contributed by atoms with Crippen molar-refractivity contribution in [2.75, 3.05) is 27.4 Å². The lowest BCUT2D eigenvalue weighted by Crippen LogP contribution is -2.36. The molecule has 0 aromatic heterocycles. The molecule has 0 saturated carbocycles. The summed E-state index contributed by atoms with van der Waals surface area (Å²) >= 11 is 0. The molecule has 2 unspecified atom stereocenters. The highest BCUT2D eigenvalue weighted by Crippen LogP contribution is 2.31. The molecular formula is C16H25NO3. The third kappa shape index (κ3) is 3.64. The van der Waals surface area contributed by atoms with Crippen LogP contribution in [0, 0.1) is 0 Å². The summed E-state index contributed by atoms with van der Waals surface area (Å²) in [6.45, 7) is 3.88. The third-order valence-corrected chi connectivity index (χ3v) is 3.74. The van der Waals surface area contributed by atoms with Gasteiger partial charge in [0.1, 0.15) is 11.5 Å². The zero-order valence-corrected chi connectivity index (χ0v) is 12.6. The van der Waals surface area contributed by atoms with Crippen LogP contribution in [0.25, 0.3) is 0 Å². The van der Waals surface area contributed by atoms with Crippen molar-refractivity contribution < 1.29 is 14.2 Å². The first kappa shape index (κ1) is 15.1. The minimum atomic E-state index is 0.185. The summed E-state index contributed by atoms with van der Waals surface area (Å²) in [4.78, 5) is 0. The summed E-state index contributed by atoms with van der Waals surface area (Å²) in [5.74, 6) is 1.64. The molecule has 1 heterocycles. The number of ether oxygens (including phenoxy) is 3. The number of methoxy groups -OCH3 is 2. The Balaban J connectivity index is 2.27. The molecule has 0 amide bonds. The lowest BCUT2D eigenvalue weighted by Gasteiger charge is -2.31. The largest absolute Gasteiger partial charge is 0.497 e. The van der Waals surface area contributed by atoms with Crippen LogP contribution in [-0.2, 0) is 4.74 Å². The van der Waals surface area contributed by atoms with Crippen LogP contribution in [0.3, 0.4) is 0 Å². The molecule has 2 rings (SSSR count). The fourth-order valence-corrected chi connectivity index (χ4v) is 2.72. The molecule has 1 fully saturated rings. The molecule has 0 bridgehead atoms. The Morgan fingerprint density at radius 1 is 1.20 bits per heavy atom. The Morgan fingerprint density at radius 3 is 2.40 bits per heavy atom. The summed E-state index contributed by atoms with van der Waals surface area (Å²) in [7, 11) is 3.36. The van der Waals surface area contributed by atoms with Crippen LogP contribution >= 0.6 is 0 Å². The molecule has 112 valence electrons. The second-order valence-electron chi connectivity index (χ2n) is 5.09. The van der Waals surface area contributed by atoms with Gasteiger partial charge in [0.15, 0.2) is 0 Å². The predicted molar refractivity (Wildman–Crippen MR) is 79.6 cm³/mol. The second-order valence-corrected chi connectivity index (χ2v) is 5.09. The Bertz CT molecular complexity index is 394. The molecule has 4 nitrogen and oxygen atoms in total. The third-order valence-electron chi connectivity index (χ3n) is 3.74. The van der Waals surface area contributed by atoms with E-state index >= 15 is 0 Å². The van der Waals surface area contributed by atoms with E-state index in [-0.39, 0.29) is 12.1 Å². The van der Waals surface area contributed by atoms with Gasteiger partial charge in [-0.15, -0.1) is 0 Å². The van der Waals surface area contributed by atoms with Crippen LogP contribution in [-0.4, -0.2) is 33.5 Å². The Labute approximate surface area is 121 Å². The smallest absolute Gasteiger partial charge is 0.122 e. The van der Waals surface area contributed by atoms with Gasteiger partial charge in [-0.05, 0) is 43.5 Å². The highest BCUT2D eigenvalue weighted by molar-refractivity contribution is 5.40. The first-order valence-electron chi connectivity index (χ1n) is 7.36. The van der Waals surface area contributed by atoms with E-state index in [1.807, 2.05) is 6.07 Å². The number of nitrogens with one attached hydrogen (secondary N) is 1. The Kier molecular flexibility index (Phi) is 5.68. The molecule has 20 heavy (non-hydrogen) atoms. The number of benzene rings is 1. The lowest BCUT2D eigenvalue weighted by molar-refractivity contribution is -0.00792. The summed E-state index contributed by atoms with van der Waals surface area (Å²) in [6.07, 6.45) is 3.71. The molecule has 1 N–H and O–H groups in total. The zero-order chi connectivity index (χ0) is 14.4. The van der Waals surface area contributed by atoms with Gasteiger partial charge in [-0.3, -0.25) is 0 Å². The van der Waals surface area contributed by atoms with Gasteiger partial charge in [-0.2, -0.15) is 0 Å². The van der Waals surface area contributed by atoms with E-state index < -0.39 is 0 Å². The monoisotopic (exact) mass is 279 g/mol. The predicted octanol–water partition coefficient (Wildman–Crippen LogP) is 2.92. The molecule has 2 atom stereocenters. The zero-order valence-electron chi connectivity index (χ0n) is 12.6. The van der Waals surface area contributed by atoms with Gasteiger partial charge < -0.3 is 19.5 Å². The Hall–Kier alpha value is -1.26. The molecule has 0 radical (unpaired) electrons. The first-order valence-corrected chi connectivity index (χ1v) is 7.36. The molecule has 0 aliphatic carbocycles. The maximum absolute atomic E-state index is 5.95. The average molecular weight is 279 g/mol. The number of rotatable bonds is 6. The number of likely N-dealkylation sites (N-methyl/N-ethyl adjacent to an activating group) is 1. The van der Waals surface area contributed by atoms with Crippen molar-refractivity contribution in [2.24, 2.45) is 0 Å². The fraction of sp³-hybridized carbons (Fsp3) is 0.625. The summed E-state index contributed by atoms with van der Waals surface area (Å²) in [6, 6.07) is 6.21. The van der Waals surface area contributed by atoms with Crippen LogP contribution in [0.15, 0.2) is 18.2 Å². The van der Waals surface area contributed by atoms with Crippen molar-refractivity contribution in [1.29, 1.82) is 0 Å². The summed E-state index contributed by atoms with van der Waals surface area (Å²) < 4.78 is 16.7. The molecule has 1 aliphatic heterocycles. The molecular weight excluding hydrogens is 254 g/mol. The van der Waals surface area contributed by atoms with E-state index in [0.717, 1.165) is 43.1 Å². The number of hydrogen-bond acceptors (Lipinski definition) is 4. The van der Waals surface area contributed by atoms with Crippen molar-refractivity contribution in [1.82, 2.24) is 5.32 Å². The van der Waals surface area contributed by atoms with Gasteiger partial charge >= 0.3 is 0 Å². The second kappa shape index (κ2) is 7.50. The van der Waals surface area contributed by atoms with Crippen molar-refractivity contribution in [3.63, 3.8) is 0 Å². The minimum absolute atomic E-state index is 0.185. The molecule has 1 saturated heterocycles. The molecule has 0 spiro atoms. The number of hydrogen-bond donors (Lipinski definition) is 1. The van der Waals surface area contributed by atoms with Crippen molar-refractivity contribution in [2.45, 2.75) is 38.3 Å². The lowest BCUT2D eigenvalue weighted by atomic mass is 9.95. The van der Waals surface area contributed by atoms with E-state index in [1.54, 1.807) is 14.2 Å². The van der Waals surface area contributed by atoms with E-state index in [9.17, 15) is 0 Å². The summed E-state index contributed by atoms with van der Waals surface area (Å²) in [5, 5.41) is 3.54. The minimum Gasteiger partial charge on any atom is -0.497 e. The van der Waals surface area contributed by atoms with Gasteiger partial charge in [0, 0.05) is 12.7 Å². The first-order chi connectivity index (χ1) is 9.78. The van der Waals surface area contributed by atoms with Crippen molar-refractivity contribution in [3.05, 3.63) is 23.8 Å². The van der Waals surface area contributed by atoms with Crippen LogP contribution in [0.1, 0.15) is 37.8 Å². The summed E-state index contributed by atoms with van der Waals surface area (Å²) in [5.41, 5.74) is 1.16. The van der Waals surface area contributed by atoms with E-state index in [2.05, 4.69) is 24.4 Å². The quantitative estimate of drug-likeness (QED) is 0.869. The van der Waals surface area contributed by atoms with Gasteiger partial charge in [0.05, 0.1) is 26.4 Å². The fourth-order valence-electron chi connectivity index (χ4n) is 2.72. The van der Waals surface area contributed by atoms with Crippen LogP contribution < -0.4 is 14.8 Å². The average Bonchev–Trinajstić information content (AvgIpc) is 2.52. The molecule has 1 aliphatic rings.